The molecule has 2 rings (SSSR count). The molecule has 20 heavy (non-hydrogen) atoms. The maximum atomic E-state index is 14.2. The summed E-state index contributed by atoms with van der Waals surface area (Å²) in [6, 6.07) is 2.37. The summed E-state index contributed by atoms with van der Waals surface area (Å²) < 4.78 is 29.7. The van der Waals surface area contributed by atoms with Crippen LogP contribution in [0.2, 0.25) is 0 Å². The fourth-order valence-electron chi connectivity index (χ4n) is 2.77. The van der Waals surface area contributed by atoms with E-state index in [0.29, 0.717) is 12.1 Å². The Kier molecular flexibility index (Phi) is 3.75. The summed E-state index contributed by atoms with van der Waals surface area (Å²) in [7, 11) is 1.68. The molecule has 1 aliphatic rings. The van der Waals surface area contributed by atoms with E-state index in [9.17, 15) is 13.6 Å². The van der Waals surface area contributed by atoms with Gasteiger partial charge in [0.1, 0.15) is 6.04 Å². The summed E-state index contributed by atoms with van der Waals surface area (Å²) in [4.78, 5) is 14.1. The molecular formula is C15H22F2N2O. The van der Waals surface area contributed by atoms with Gasteiger partial charge < -0.3 is 9.47 Å². The van der Waals surface area contributed by atoms with Gasteiger partial charge in [0, 0.05) is 18.3 Å². The Bertz CT molecular complexity index is 546. The monoisotopic (exact) mass is 284 g/mol. The molecule has 0 N–H and O–H groups in total. The molecule has 1 unspecified atom stereocenters. The van der Waals surface area contributed by atoms with Gasteiger partial charge in [-0.05, 0) is 24.9 Å². The first-order valence-corrected chi connectivity index (χ1v) is 6.91. The van der Waals surface area contributed by atoms with Crippen molar-refractivity contribution in [2.75, 3.05) is 20.1 Å². The number of aromatic nitrogens is 1. The van der Waals surface area contributed by atoms with E-state index in [1.165, 1.54) is 10.8 Å². The molecule has 0 aromatic carbocycles. The van der Waals surface area contributed by atoms with Gasteiger partial charge >= 0.3 is 0 Å². The molecule has 0 radical (unpaired) electrons. The van der Waals surface area contributed by atoms with Crippen LogP contribution in [0.3, 0.4) is 0 Å². The minimum Gasteiger partial charge on any atom is -0.306 e. The van der Waals surface area contributed by atoms with Crippen molar-refractivity contribution in [3.05, 3.63) is 34.2 Å². The van der Waals surface area contributed by atoms with Crippen LogP contribution >= 0.6 is 0 Å². The third kappa shape index (κ3) is 2.77. The second-order valence-electron chi connectivity index (χ2n) is 6.69. The number of pyridine rings is 1. The maximum absolute atomic E-state index is 14.2. The molecule has 0 bridgehead atoms. The molecule has 0 aliphatic carbocycles. The SMILES string of the molecule is CN1CCC(n2cccc(C(C)(C)C)c2=O)C(F)(F)C1. The summed E-state index contributed by atoms with van der Waals surface area (Å²) in [5, 5.41) is 0. The number of hydrogen-bond donors (Lipinski definition) is 0. The Morgan fingerprint density at radius 3 is 2.55 bits per heavy atom. The molecule has 0 saturated carbocycles. The third-order valence-electron chi connectivity index (χ3n) is 3.87. The molecule has 2 heterocycles. The molecule has 3 nitrogen and oxygen atoms in total. The van der Waals surface area contributed by atoms with Crippen molar-refractivity contribution in [3.8, 4) is 0 Å². The normalized spacial score (nSPS) is 23.8. The van der Waals surface area contributed by atoms with Crippen LogP contribution in [-0.4, -0.2) is 35.5 Å². The zero-order valence-electron chi connectivity index (χ0n) is 12.5. The van der Waals surface area contributed by atoms with Crippen LogP contribution in [0.15, 0.2) is 23.1 Å². The second-order valence-corrected chi connectivity index (χ2v) is 6.69. The highest BCUT2D eigenvalue weighted by atomic mass is 19.3. The lowest BCUT2D eigenvalue weighted by Gasteiger charge is -2.37. The lowest BCUT2D eigenvalue weighted by atomic mass is 9.87. The third-order valence-corrected chi connectivity index (χ3v) is 3.87. The Morgan fingerprint density at radius 1 is 1.35 bits per heavy atom. The average molecular weight is 284 g/mol. The molecule has 0 spiro atoms. The van der Waals surface area contributed by atoms with Crippen LogP contribution in [0.1, 0.15) is 38.8 Å². The number of rotatable bonds is 1. The molecule has 112 valence electrons. The summed E-state index contributed by atoms with van der Waals surface area (Å²) in [5.74, 6) is -2.88. The molecule has 1 saturated heterocycles. The fourth-order valence-corrected chi connectivity index (χ4v) is 2.77. The molecule has 1 aromatic rings. The lowest BCUT2D eigenvalue weighted by Crippen LogP contribution is -2.50. The van der Waals surface area contributed by atoms with Crippen molar-refractivity contribution in [3.63, 3.8) is 0 Å². The lowest BCUT2D eigenvalue weighted by molar-refractivity contribution is -0.0990. The van der Waals surface area contributed by atoms with Gasteiger partial charge in [-0.15, -0.1) is 0 Å². The number of piperidine rings is 1. The molecular weight excluding hydrogens is 262 g/mol. The predicted octanol–water partition coefficient (Wildman–Crippen LogP) is 2.66. The van der Waals surface area contributed by atoms with Crippen molar-refractivity contribution in [2.24, 2.45) is 0 Å². The Labute approximate surface area is 118 Å². The number of halogens is 2. The molecule has 5 heteroatoms. The van der Waals surface area contributed by atoms with Crippen molar-refractivity contribution in [1.29, 1.82) is 0 Å². The van der Waals surface area contributed by atoms with Crippen molar-refractivity contribution < 1.29 is 8.78 Å². The van der Waals surface area contributed by atoms with Gasteiger partial charge in [-0.3, -0.25) is 4.79 Å². The summed E-state index contributed by atoms with van der Waals surface area (Å²) in [6.45, 7) is 6.03. The maximum Gasteiger partial charge on any atom is 0.280 e. The highest BCUT2D eigenvalue weighted by Crippen LogP contribution is 2.35. The summed E-state index contributed by atoms with van der Waals surface area (Å²) >= 11 is 0. The van der Waals surface area contributed by atoms with E-state index >= 15 is 0 Å². The number of hydrogen-bond acceptors (Lipinski definition) is 2. The van der Waals surface area contributed by atoms with Gasteiger partial charge in [-0.2, -0.15) is 0 Å². The molecule has 1 atom stereocenters. The van der Waals surface area contributed by atoms with Gasteiger partial charge in [0.15, 0.2) is 0 Å². The zero-order valence-corrected chi connectivity index (χ0v) is 12.5. The average Bonchev–Trinajstić information content (AvgIpc) is 2.27. The second kappa shape index (κ2) is 4.95. The Balaban J connectivity index is 2.46. The van der Waals surface area contributed by atoms with Crippen LogP contribution in [0.5, 0.6) is 0 Å². The minimum absolute atomic E-state index is 0.289. The first kappa shape index (κ1) is 15.2. The highest BCUT2D eigenvalue weighted by Gasteiger charge is 2.45. The van der Waals surface area contributed by atoms with E-state index in [-0.39, 0.29) is 23.9 Å². The molecule has 1 aliphatic heterocycles. The quantitative estimate of drug-likeness (QED) is 0.792. The van der Waals surface area contributed by atoms with Crippen LogP contribution in [0.4, 0.5) is 8.78 Å². The Morgan fingerprint density at radius 2 is 2.00 bits per heavy atom. The van der Waals surface area contributed by atoms with Crippen molar-refractivity contribution in [1.82, 2.24) is 9.47 Å². The van der Waals surface area contributed by atoms with Gasteiger partial charge in [0.2, 0.25) is 0 Å². The number of alkyl halides is 2. The largest absolute Gasteiger partial charge is 0.306 e. The van der Waals surface area contributed by atoms with Crippen LogP contribution in [0.25, 0.3) is 0 Å². The van der Waals surface area contributed by atoms with Gasteiger partial charge in [0.05, 0.1) is 6.54 Å². The van der Waals surface area contributed by atoms with E-state index in [4.69, 9.17) is 0 Å². The van der Waals surface area contributed by atoms with E-state index in [0.717, 1.165) is 0 Å². The highest BCUT2D eigenvalue weighted by molar-refractivity contribution is 5.20. The molecule has 0 amide bonds. The predicted molar refractivity (Wildman–Crippen MR) is 75.5 cm³/mol. The van der Waals surface area contributed by atoms with Crippen LogP contribution in [0, 0.1) is 0 Å². The van der Waals surface area contributed by atoms with E-state index in [1.807, 2.05) is 20.8 Å². The standard InChI is InChI=1S/C15H22F2N2O/c1-14(2,3)11-6-5-8-19(13(11)20)12-7-9-18(4)10-15(12,16)17/h5-6,8,12H,7,9-10H2,1-4H3. The van der Waals surface area contributed by atoms with E-state index in [2.05, 4.69) is 0 Å². The topological polar surface area (TPSA) is 25.2 Å². The fraction of sp³-hybridized carbons (Fsp3) is 0.667. The molecule has 1 fully saturated rings. The van der Waals surface area contributed by atoms with Crippen LogP contribution in [-0.2, 0) is 5.41 Å². The number of likely N-dealkylation sites (tertiary alicyclic amines) is 1. The number of nitrogens with zero attached hydrogens (tertiary/aromatic N) is 2. The van der Waals surface area contributed by atoms with Crippen molar-refractivity contribution in [2.45, 2.75) is 44.6 Å². The smallest absolute Gasteiger partial charge is 0.280 e. The first-order chi connectivity index (χ1) is 9.13. The Hall–Kier alpha value is -1.23. The van der Waals surface area contributed by atoms with Crippen molar-refractivity contribution >= 4 is 0 Å². The summed E-state index contributed by atoms with van der Waals surface area (Å²) in [5.41, 5.74) is -0.0650. The van der Waals surface area contributed by atoms with E-state index < -0.39 is 12.0 Å². The van der Waals surface area contributed by atoms with Gasteiger partial charge in [0.25, 0.3) is 11.5 Å². The first-order valence-electron chi connectivity index (χ1n) is 6.91. The van der Waals surface area contributed by atoms with Gasteiger partial charge in [-0.25, -0.2) is 8.78 Å². The zero-order chi connectivity index (χ0) is 15.1. The van der Waals surface area contributed by atoms with Crippen LogP contribution < -0.4 is 5.56 Å². The summed E-state index contributed by atoms with van der Waals surface area (Å²) in [6.07, 6.45) is 1.78. The molecule has 1 aromatic heterocycles. The minimum atomic E-state index is -2.88. The van der Waals surface area contributed by atoms with E-state index in [1.54, 1.807) is 24.1 Å². The van der Waals surface area contributed by atoms with Gasteiger partial charge in [-0.1, -0.05) is 26.8 Å².